The van der Waals surface area contributed by atoms with Gasteiger partial charge in [-0.2, -0.15) is 0 Å². The van der Waals surface area contributed by atoms with Gasteiger partial charge in [-0.1, -0.05) is 42.0 Å². The Hall–Kier alpha value is -2.53. The molecule has 2 aromatic rings. The van der Waals surface area contributed by atoms with Crippen LogP contribution in [0.1, 0.15) is 40.4 Å². The minimum absolute atomic E-state index is 0.00999. The number of hydrogen-bond acceptors (Lipinski definition) is 3. The molecule has 0 heterocycles. The summed E-state index contributed by atoms with van der Waals surface area (Å²) >= 11 is 0. The van der Waals surface area contributed by atoms with E-state index in [1.54, 1.807) is 6.07 Å². The van der Waals surface area contributed by atoms with E-state index in [0.717, 1.165) is 5.56 Å². The molecule has 0 aliphatic rings. The molecule has 5 heteroatoms. The van der Waals surface area contributed by atoms with Crippen molar-refractivity contribution in [1.82, 2.24) is 10.2 Å². The smallest absolute Gasteiger partial charge is 0.220 e. The van der Waals surface area contributed by atoms with Crippen molar-refractivity contribution < 1.29 is 14.0 Å². The standard InChI is InChI=1S/C21H25FN2O2/c1-15-8-10-16(11-9-15)19(24(2)3)14-23-21(26)13-12-20(25)17-6-4-5-7-18(17)22/h4-11,19H,12-14H2,1-3H3,(H,23,26). The number of rotatable bonds is 8. The van der Waals surface area contributed by atoms with E-state index < -0.39 is 5.82 Å². The number of carbonyl (C=O) groups excluding carboxylic acids is 2. The van der Waals surface area contributed by atoms with E-state index in [2.05, 4.69) is 5.32 Å². The molecule has 0 aliphatic carbocycles. The molecule has 138 valence electrons. The summed E-state index contributed by atoms with van der Waals surface area (Å²) in [6.07, 6.45) is 0.0329. The molecule has 0 bridgehead atoms. The number of hydrogen-bond donors (Lipinski definition) is 1. The molecule has 1 amide bonds. The van der Waals surface area contributed by atoms with Gasteiger partial charge in [0.05, 0.1) is 11.6 Å². The zero-order chi connectivity index (χ0) is 19.1. The summed E-state index contributed by atoms with van der Waals surface area (Å²) in [7, 11) is 3.91. The van der Waals surface area contributed by atoms with Gasteiger partial charge in [0.1, 0.15) is 5.82 Å². The van der Waals surface area contributed by atoms with Gasteiger partial charge in [0.25, 0.3) is 0 Å². The van der Waals surface area contributed by atoms with Crippen LogP contribution in [-0.2, 0) is 4.79 Å². The Morgan fingerprint density at radius 1 is 1.04 bits per heavy atom. The average molecular weight is 356 g/mol. The fraction of sp³-hybridized carbons (Fsp3) is 0.333. The topological polar surface area (TPSA) is 49.4 Å². The summed E-state index contributed by atoms with van der Waals surface area (Å²) in [5, 5.41) is 2.87. The molecule has 1 unspecified atom stereocenters. The van der Waals surface area contributed by atoms with Crippen LogP contribution in [0.5, 0.6) is 0 Å². The lowest BCUT2D eigenvalue weighted by atomic mass is 10.0. The van der Waals surface area contributed by atoms with Gasteiger partial charge in [-0.25, -0.2) is 4.39 Å². The van der Waals surface area contributed by atoms with E-state index in [1.165, 1.54) is 23.8 Å². The second-order valence-corrected chi connectivity index (χ2v) is 6.60. The van der Waals surface area contributed by atoms with Gasteiger partial charge in [-0.3, -0.25) is 9.59 Å². The molecule has 0 aliphatic heterocycles. The van der Waals surface area contributed by atoms with Gasteiger partial charge in [-0.15, -0.1) is 0 Å². The highest BCUT2D eigenvalue weighted by Crippen LogP contribution is 2.18. The molecule has 0 radical (unpaired) electrons. The molecule has 0 fully saturated rings. The Morgan fingerprint density at radius 2 is 1.69 bits per heavy atom. The predicted octanol–water partition coefficient (Wildman–Crippen LogP) is 3.52. The fourth-order valence-electron chi connectivity index (χ4n) is 2.74. The highest BCUT2D eigenvalue weighted by Gasteiger charge is 2.17. The van der Waals surface area contributed by atoms with Gasteiger partial charge in [0, 0.05) is 19.4 Å². The third-order valence-corrected chi connectivity index (χ3v) is 4.33. The Labute approximate surface area is 154 Å². The molecule has 2 rings (SSSR count). The second-order valence-electron chi connectivity index (χ2n) is 6.60. The van der Waals surface area contributed by atoms with Crippen molar-refractivity contribution in [3.05, 3.63) is 71.0 Å². The maximum Gasteiger partial charge on any atom is 0.220 e. The van der Waals surface area contributed by atoms with Crippen LogP contribution in [0.4, 0.5) is 4.39 Å². The van der Waals surface area contributed by atoms with E-state index in [-0.39, 0.29) is 36.1 Å². The largest absolute Gasteiger partial charge is 0.354 e. The third-order valence-electron chi connectivity index (χ3n) is 4.33. The van der Waals surface area contributed by atoms with Crippen LogP contribution in [0, 0.1) is 12.7 Å². The van der Waals surface area contributed by atoms with Crippen molar-refractivity contribution in [2.24, 2.45) is 0 Å². The van der Waals surface area contributed by atoms with E-state index in [4.69, 9.17) is 0 Å². The first-order valence-corrected chi connectivity index (χ1v) is 8.66. The fourth-order valence-corrected chi connectivity index (χ4v) is 2.74. The Balaban J connectivity index is 1.87. The van der Waals surface area contributed by atoms with Gasteiger partial charge in [0.2, 0.25) is 5.91 Å². The molecule has 4 nitrogen and oxygen atoms in total. The van der Waals surface area contributed by atoms with Crippen molar-refractivity contribution in [1.29, 1.82) is 0 Å². The molecule has 1 atom stereocenters. The van der Waals surface area contributed by atoms with Crippen LogP contribution in [0.15, 0.2) is 48.5 Å². The van der Waals surface area contributed by atoms with Crippen LogP contribution >= 0.6 is 0 Å². The number of nitrogens with zero attached hydrogens (tertiary/aromatic N) is 1. The molecule has 0 spiro atoms. The van der Waals surface area contributed by atoms with Gasteiger partial charge in [-0.05, 0) is 38.7 Å². The van der Waals surface area contributed by atoms with Gasteiger partial charge in [0.15, 0.2) is 5.78 Å². The molecule has 1 N–H and O–H groups in total. The van der Waals surface area contributed by atoms with Crippen molar-refractivity contribution in [3.8, 4) is 0 Å². The number of ketones is 1. The number of nitrogens with one attached hydrogen (secondary N) is 1. The van der Waals surface area contributed by atoms with Crippen LogP contribution in [0.3, 0.4) is 0 Å². The molecule has 2 aromatic carbocycles. The lowest BCUT2D eigenvalue weighted by Gasteiger charge is -2.25. The van der Waals surface area contributed by atoms with Crippen molar-refractivity contribution in [2.75, 3.05) is 20.6 Å². The Bertz CT molecular complexity index is 757. The van der Waals surface area contributed by atoms with Crippen LogP contribution in [0.25, 0.3) is 0 Å². The number of aryl methyl sites for hydroxylation is 1. The zero-order valence-electron chi connectivity index (χ0n) is 15.5. The summed E-state index contributed by atoms with van der Waals surface area (Å²) in [6, 6.07) is 14.1. The number of benzene rings is 2. The highest BCUT2D eigenvalue weighted by atomic mass is 19.1. The summed E-state index contributed by atoms with van der Waals surface area (Å²) in [4.78, 5) is 26.2. The summed E-state index contributed by atoms with van der Waals surface area (Å²) in [5.41, 5.74) is 2.33. The number of halogens is 1. The molecule has 0 aromatic heterocycles. The van der Waals surface area contributed by atoms with Gasteiger partial charge >= 0.3 is 0 Å². The van der Waals surface area contributed by atoms with Crippen LogP contribution in [-0.4, -0.2) is 37.2 Å². The van der Waals surface area contributed by atoms with E-state index >= 15 is 0 Å². The average Bonchev–Trinajstić information content (AvgIpc) is 2.61. The van der Waals surface area contributed by atoms with Crippen LogP contribution < -0.4 is 5.32 Å². The zero-order valence-corrected chi connectivity index (χ0v) is 15.5. The van der Waals surface area contributed by atoms with Crippen molar-refractivity contribution in [2.45, 2.75) is 25.8 Å². The lowest BCUT2D eigenvalue weighted by Crippen LogP contribution is -2.34. The summed E-state index contributed by atoms with van der Waals surface area (Å²) in [6.45, 7) is 2.48. The number of amides is 1. The third kappa shape index (κ3) is 5.49. The normalized spacial score (nSPS) is 12.0. The van der Waals surface area contributed by atoms with E-state index in [1.807, 2.05) is 50.2 Å². The maximum atomic E-state index is 13.6. The van der Waals surface area contributed by atoms with Crippen molar-refractivity contribution in [3.63, 3.8) is 0 Å². The summed E-state index contributed by atoms with van der Waals surface area (Å²) in [5.74, 6) is -1.13. The molecule has 0 saturated heterocycles. The first-order valence-electron chi connectivity index (χ1n) is 8.66. The molecule has 26 heavy (non-hydrogen) atoms. The molecular weight excluding hydrogens is 331 g/mol. The number of carbonyl (C=O) groups is 2. The minimum Gasteiger partial charge on any atom is -0.354 e. The summed E-state index contributed by atoms with van der Waals surface area (Å²) < 4.78 is 13.6. The van der Waals surface area contributed by atoms with E-state index in [9.17, 15) is 14.0 Å². The highest BCUT2D eigenvalue weighted by molar-refractivity contribution is 5.98. The molecular formula is C21H25FN2O2. The van der Waals surface area contributed by atoms with Gasteiger partial charge < -0.3 is 10.2 Å². The second kappa shape index (κ2) is 9.25. The van der Waals surface area contributed by atoms with Crippen LogP contribution in [0.2, 0.25) is 0 Å². The SMILES string of the molecule is Cc1ccc(C(CNC(=O)CCC(=O)c2ccccc2F)N(C)C)cc1. The maximum absolute atomic E-state index is 13.6. The van der Waals surface area contributed by atoms with E-state index in [0.29, 0.717) is 6.54 Å². The minimum atomic E-state index is -0.551. The van der Waals surface area contributed by atoms with Crippen molar-refractivity contribution >= 4 is 11.7 Å². The quantitative estimate of drug-likeness (QED) is 0.737. The number of likely N-dealkylation sites (N-methyl/N-ethyl adjacent to an activating group) is 1. The Morgan fingerprint density at radius 3 is 2.31 bits per heavy atom. The Kier molecular flexibility index (Phi) is 7.04. The number of Topliss-reactive ketones (excluding diaryl/α,β-unsaturated/α-hetero) is 1. The lowest BCUT2D eigenvalue weighted by molar-refractivity contribution is -0.121. The first-order chi connectivity index (χ1) is 12.4. The first kappa shape index (κ1) is 19.8. The molecule has 0 saturated carbocycles. The monoisotopic (exact) mass is 356 g/mol. The predicted molar refractivity (Wildman–Crippen MR) is 101 cm³/mol.